The van der Waals surface area contributed by atoms with Gasteiger partial charge in [-0.05, 0) is 52.1 Å². The molecule has 7 nitrogen and oxygen atoms in total. The van der Waals surface area contributed by atoms with Gasteiger partial charge < -0.3 is 14.2 Å². The first kappa shape index (κ1) is 30.1. The number of rotatable bonds is 7. The third kappa shape index (κ3) is 5.24. The second-order valence-electron chi connectivity index (χ2n) is 10.6. The Morgan fingerprint density at radius 1 is 0.739 bits per heavy atom. The van der Waals surface area contributed by atoms with E-state index in [9.17, 15) is 18.8 Å². The smallest absolute Gasteiger partial charge is 0.404 e. The molecule has 46 heavy (non-hydrogen) atoms. The lowest BCUT2D eigenvalue weighted by Gasteiger charge is -2.18. The summed E-state index contributed by atoms with van der Waals surface area (Å²) in [5, 5.41) is 0.767. The van der Waals surface area contributed by atoms with Gasteiger partial charge in [-0.1, -0.05) is 72.8 Å². The number of carbonyl (C=O) groups is 3. The predicted octanol–water partition coefficient (Wildman–Crippen LogP) is 6.59. The molecule has 1 aliphatic carbocycles. The minimum absolute atomic E-state index is 0.0395. The van der Waals surface area contributed by atoms with E-state index in [1.807, 2.05) is 66.7 Å². The number of nitrogens with zero attached hydrogens (tertiary/aromatic N) is 1. The molecule has 5 aromatic rings. The van der Waals surface area contributed by atoms with Crippen LogP contribution in [0.3, 0.4) is 0 Å². The van der Waals surface area contributed by atoms with Gasteiger partial charge in [0.25, 0.3) is 0 Å². The SMILES string of the molecule is COC(=O)/C(=C(/C(=O)OC)[n+]1ccc(/C=C/c2cccc(F)c2)c2ccccc21)C1c2ccccc2-c2c(C(=O)OC)cccc21. The van der Waals surface area contributed by atoms with Crippen LogP contribution in [0.2, 0.25) is 0 Å². The van der Waals surface area contributed by atoms with E-state index in [0.29, 0.717) is 27.8 Å². The van der Waals surface area contributed by atoms with Crippen LogP contribution in [-0.2, 0) is 23.8 Å². The van der Waals surface area contributed by atoms with Crippen LogP contribution in [0.4, 0.5) is 4.39 Å². The molecule has 0 N–H and O–H groups in total. The zero-order valence-corrected chi connectivity index (χ0v) is 25.3. The number of methoxy groups -OCH3 is 3. The zero-order valence-electron chi connectivity index (χ0n) is 25.3. The summed E-state index contributed by atoms with van der Waals surface area (Å²) in [6, 6.07) is 28.1. The number of esters is 3. The molecular formula is C38H29FNO6+. The number of pyridine rings is 1. The lowest BCUT2D eigenvalue weighted by atomic mass is 9.87. The Kier molecular flexibility index (Phi) is 8.27. The van der Waals surface area contributed by atoms with E-state index in [1.165, 1.54) is 33.5 Å². The van der Waals surface area contributed by atoms with Gasteiger partial charge in [-0.3, -0.25) is 0 Å². The summed E-state index contributed by atoms with van der Waals surface area (Å²) in [6.07, 6.45) is 5.36. The van der Waals surface area contributed by atoms with Crippen molar-refractivity contribution in [3.63, 3.8) is 0 Å². The average Bonchev–Trinajstić information content (AvgIpc) is 3.43. The van der Waals surface area contributed by atoms with Crippen LogP contribution in [0.1, 0.15) is 38.5 Å². The van der Waals surface area contributed by atoms with Crippen molar-refractivity contribution in [2.45, 2.75) is 5.92 Å². The summed E-state index contributed by atoms with van der Waals surface area (Å²) < 4.78 is 31.2. The van der Waals surface area contributed by atoms with Crippen molar-refractivity contribution in [2.75, 3.05) is 21.3 Å². The Morgan fingerprint density at radius 2 is 1.46 bits per heavy atom. The van der Waals surface area contributed by atoms with Crippen molar-refractivity contribution in [1.82, 2.24) is 0 Å². The predicted molar refractivity (Wildman–Crippen MR) is 172 cm³/mol. The molecule has 6 rings (SSSR count). The molecule has 0 saturated carbocycles. The third-order valence-corrected chi connectivity index (χ3v) is 8.10. The molecule has 0 bridgehead atoms. The van der Waals surface area contributed by atoms with E-state index in [-0.39, 0.29) is 17.1 Å². The summed E-state index contributed by atoms with van der Waals surface area (Å²) in [6.45, 7) is 0. The van der Waals surface area contributed by atoms with Gasteiger partial charge in [0.1, 0.15) is 11.4 Å². The number of benzene rings is 4. The molecule has 1 heterocycles. The molecule has 1 aromatic heterocycles. The molecular weight excluding hydrogens is 585 g/mol. The quantitative estimate of drug-likeness (QED) is 0.0890. The second kappa shape index (κ2) is 12.6. The maximum Gasteiger partial charge on any atom is 0.404 e. The minimum Gasteiger partial charge on any atom is -0.465 e. The van der Waals surface area contributed by atoms with E-state index in [4.69, 9.17) is 14.2 Å². The topological polar surface area (TPSA) is 82.8 Å². The van der Waals surface area contributed by atoms with Gasteiger partial charge >= 0.3 is 23.6 Å². The van der Waals surface area contributed by atoms with Crippen molar-refractivity contribution < 1.29 is 37.6 Å². The molecule has 1 unspecified atom stereocenters. The molecule has 0 saturated heterocycles. The first-order valence-electron chi connectivity index (χ1n) is 14.5. The minimum atomic E-state index is -0.781. The van der Waals surface area contributed by atoms with E-state index in [2.05, 4.69) is 0 Å². The van der Waals surface area contributed by atoms with Crippen molar-refractivity contribution in [2.24, 2.45) is 0 Å². The lowest BCUT2D eigenvalue weighted by molar-refractivity contribution is -0.550. The van der Waals surface area contributed by atoms with Crippen LogP contribution < -0.4 is 4.57 Å². The Balaban J connectivity index is 1.64. The molecule has 0 radical (unpaired) electrons. The number of hydrogen-bond acceptors (Lipinski definition) is 6. The fourth-order valence-corrected chi connectivity index (χ4v) is 6.13. The number of carbonyl (C=O) groups excluding carboxylic acids is 3. The molecule has 1 atom stereocenters. The van der Waals surface area contributed by atoms with E-state index < -0.39 is 23.8 Å². The molecule has 0 spiro atoms. The Bertz CT molecular complexity index is 2100. The highest BCUT2D eigenvalue weighted by Crippen LogP contribution is 2.50. The van der Waals surface area contributed by atoms with Crippen LogP contribution in [-0.4, -0.2) is 39.2 Å². The molecule has 0 fully saturated rings. The highest BCUT2D eigenvalue weighted by Gasteiger charge is 2.44. The van der Waals surface area contributed by atoms with Gasteiger partial charge in [0.2, 0.25) is 5.52 Å². The van der Waals surface area contributed by atoms with Crippen molar-refractivity contribution in [3.8, 4) is 11.1 Å². The average molecular weight is 615 g/mol. The molecule has 1 aliphatic rings. The van der Waals surface area contributed by atoms with E-state index in [1.54, 1.807) is 41.1 Å². The molecule has 0 aliphatic heterocycles. The largest absolute Gasteiger partial charge is 0.465 e. The number of para-hydroxylation sites is 1. The third-order valence-electron chi connectivity index (χ3n) is 8.10. The standard InChI is InChI=1S/C38H29FNO6/c1-44-36(41)30-16-9-15-29-32(30)27-13-4-5-14-28(27)33(29)34(37(42)45-2)35(38(43)46-3)40-21-20-24(26-12-6-7-17-31(26)40)19-18-23-10-8-11-25(39)22-23/h4-22,33H,1-3H3/q+1/b19-18+,35-34-. The molecule has 0 amide bonds. The van der Waals surface area contributed by atoms with Gasteiger partial charge in [-0.15, -0.1) is 0 Å². The number of hydrogen-bond donors (Lipinski definition) is 0. The summed E-state index contributed by atoms with van der Waals surface area (Å²) >= 11 is 0. The van der Waals surface area contributed by atoms with Gasteiger partial charge in [0.05, 0.1) is 32.3 Å². The molecule has 228 valence electrons. The number of ether oxygens (including phenoxy) is 3. The van der Waals surface area contributed by atoms with Crippen LogP contribution in [0.15, 0.2) is 109 Å². The highest BCUT2D eigenvalue weighted by atomic mass is 19.1. The van der Waals surface area contributed by atoms with Crippen LogP contribution in [0.5, 0.6) is 0 Å². The summed E-state index contributed by atoms with van der Waals surface area (Å²) in [5.74, 6) is -3.13. The maximum absolute atomic E-state index is 13.9. The summed E-state index contributed by atoms with van der Waals surface area (Å²) in [7, 11) is 3.82. The van der Waals surface area contributed by atoms with Gasteiger partial charge in [-0.2, -0.15) is 4.57 Å². The maximum atomic E-state index is 13.9. The van der Waals surface area contributed by atoms with Gasteiger partial charge in [0, 0.05) is 23.6 Å². The Labute approximate surface area is 264 Å². The second-order valence-corrected chi connectivity index (χ2v) is 10.6. The van der Waals surface area contributed by atoms with Crippen LogP contribution in [0.25, 0.3) is 39.9 Å². The Hall–Kier alpha value is -5.89. The van der Waals surface area contributed by atoms with Crippen molar-refractivity contribution in [1.29, 1.82) is 0 Å². The molecule has 4 aromatic carbocycles. The Morgan fingerprint density at radius 3 is 2.22 bits per heavy atom. The summed E-state index contributed by atoms with van der Waals surface area (Å²) in [4.78, 5) is 40.6. The first-order valence-corrected chi connectivity index (χ1v) is 14.5. The van der Waals surface area contributed by atoms with Gasteiger partial charge in [0.15, 0.2) is 6.20 Å². The fraction of sp³-hybridized carbons (Fsp3) is 0.105. The number of fused-ring (bicyclic) bond motifs is 4. The van der Waals surface area contributed by atoms with E-state index >= 15 is 0 Å². The van der Waals surface area contributed by atoms with Gasteiger partial charge in [-0.25, -0.2) is 18.8 Å². The normalized spacial score (nSPS) is 14.0. The van der Waals surface area contributed by atoms with E-state index in [0.717, 1.165) is 22.1 Å². The van der Waals surface area contributed by atoms with Crippen LogP contribution >= 0.6 is 0 Å². The first-order chi connectivity index (χ1) is 22.4. The zero-order chi connectivity index (χ0) is 32.4. The fourth-order valence-electron chi connectivity index (χ4n) is 6.13. The van der Waals surface area contributed by atoms with Crippen LogP contribution in [0, 0.1) is 5.82 Å². The highest BCUT2D eigenvalue weighted by molar-refractivity contribution is 6.16. The lowest BCUT2D eigenvalue weighted by Crippen LogP contribution is -2.40. The van der Waals surface area contributed by atoms with Crippen molar-refractivity contribution in [3.05, 3.63) is 142 Å². The number of aromatic nitrogens is 1. The van der Waals surface area contributed by atoms with Crippen molar-refractivity contribution >= 4 is 46.7 Å². The number of halogens is 1. The summed E-state index contributed by atoms with van der Waals surface area (Å²) in [5.41, 5.74) is 5.17. The molecule has 8 heteroatoms. The monoisotopic (exact) mass is 614 g/mol.